The average molecular weight is 542 g/mol. The number of aromatic amines is 1. The highest BCUT2D eigenvalue weighted by Crippen LogP contribution is 2.26. The van der Waals surface area contributed by atoms with Gasteiger partial charge in [0.2, 0.25) is 0 Å². The van der Waals surface area contributed by atoms with Crippen molar-refractivity contribution < 1.29 is 10.1 Å². The van der Waals surface area contributed by atoms with Crippen LogP contribution in [0, 0.1) is 0 Å². The van der Waals surface area contributed by atoms with Gasteiger partial charge in [-0.3, -0.25) is 10.2 Å². The number of nitrogens with zero attached hydrogens (tertiary/aromatic N) is 4. The molecule has 9 heteroatoms. The number of hydrogen-bond acceptors (Lipinski definition) is 6. The summed E-state index contributed by atoms with van der Waals surface area (Å²) >= 11 is 0. The number of anilines is 1. The lowest BCUT2D eigenvalue weighted by molar-refractivity contribution is -0.574. The second-order valence-corrected chi connectivity index (χ2v) is 10.8. The Balaban J connectivity index is 1.21. The fraction of sp³-hybridized carbons (Fsp3) is 0.419. The van der Waals surface area contributed by atoms with E-state index < -0.39 is 0 Å². The van der Waals surface area contributed by atoms with Gasteiger partial charge in [-0.25, -0.2) is 19.7 Å². The first-order valence-electron chi connectivity index (χ1n) is 14.5. The Morgan fingerprint density at radius 1 is 1.02 bits per heavy atom. The van der Waals surface area contributed by atoms with E-state index in [4.69, 9.17) is 4.98 Å². The molecule has 0 saturated heterocycles. The Kier molecular flexibility index (Phi) is 9.36. The van der Waals surface area contributed by atoms with Gasteiger partial charge in [0.15, 0.2) is 17.3 Å². The highest BCUT2D eigenvalue weighted by atomic mass is 16.2. The number of imidazole rings is 1. The number of urea groups is 1. The number of nitrogens with two attached hydrogens (primary N) is 1. The fourth-order valence-electron chi connectivity index (χ4n) is 5.76. The van der Waals surface area contributed by atoms with Gasteiger partial charge < -0.3 is 15.6 Å². The summed E-state index contributed by atoms with van der Waals surface area (Å²) in [4.78, 5) is 32.1. The molecule has 0 bridgehead atoms. The van der Waals surface area contributed by atoms with Crippen molar-refractivity contribution in [3.05, 3.63) is 83.9 Å². The number of benzene rings is 2. The third-order valence-corrected chi connectivity index (χ3v) is 7.81. The van der Waals surface area contributed by atoms with Crippen molar-refractivity contribution in [2.45, 2.75) is 64.1 Å². The Labute approximate surface area is 236 Å². The van der Waals surface area contributed by atoms with E-state index in [-0.39, 0.29) is 11.9 Å². The number of primary amides is 1. The summed E-state index contributed by atoms with van der Waals surface area (Å²) in [7, 11) is 0. The molecule has 2 aromatic heterocycles. The maximum Gasteiger partial charge on any atom is 0.413 e. The third kappa shape index (κ3) is 7.03. The minimum atomic E-state index is -0.0939. The highest BCUT2D eigenvalue weighted by Gasteiger charge is 2.24. The summed E-state index contributed by atoms with van der Waals surface area (Å²) in [5, 5.41) is 8.22. The van der Waals surface area contributed by atoms with Gasteiger partial charge in [-0.2, -0.15) is 0 Å². The summed E-state index contributed by atoms with van der Waals surface area (Å²) in [6.45, 7) is 6.97. The van der Waals surface area contributed by atoms with E-state index in [2.05, 4.69) is 92.9 Å². The van der Waals surface area contributed by atoms with Crippen molar-refractivity contribution in [3.63, 3.8) is 0 Å². The van der Waals surface area contributed by atoms with Crippen LogP contribution in [0.15, 0.2) is 67.0 Å². The molecule has 0 unspecified atom stereocenters. The van der Waals surface area contributed by atoms with Crippen LogP contribution in [-0.4, -0.2) is 62.6 Å². The second-order valence-electron chi connectivity index (χ2n) is 10.8. The zero-order valence-electron chi connectivity index (χ0n) is 23.5. The van der Waals surface area contributed by atoms with Crippen LogP contribution in [0.4, 0.5) is 10.6 Å². The molecule has 210 valence electrons. The van der Waals surface area contributed by atoms with Gasteiger partial charge in [0, 0.05) is 37.6 Å². The first-order valence-corrected chi connectivity index (χ1v) is 14.5. The van der Waals surface area contributed by atoms with E-state index in [0.717, 1.165) is 12.1 Å². The Hall–Kier alpha value is -3.82. The smallest absolute Gasteiger partial charge is 0.367 e. The molecule has 2 heterocycles. The van der Waals surface area contributed by atoms with Crippen molar-refractivity contribution in [3.8, 4) is 0 Å². The van der Waals surface area contributed by atoms with Crippen molar-refractivity contribution in [1.29, 1.82) is 0 Å². The monoisotopic (exact) mass is 541 g/mol. The van der Waals surface area contributed by atoms with Gasteiger partial charge in [0.05, 0.1) is 6.33 Å². The molecule has 0 spiro atoms. The van der Waals surface area contributed by atoms with Crippen LogP contribution in [-0.2, 0) is 6.54 Å². The number of hydrogen-bond donors (Lipinski definition) is 4. The lowest BCUT2D eigenvalue weighted by Crippen LogP contribution is -2.89. The molecule has 0 aliphatic heterocycles. The van der Waals surface area contributed by atoms with E-state index in [1.165, 1.54) is 36.8 Å². The number of carbonyl (C=O) groups is 1. The van der Waals surface area contributed by atoms with E-state index in [1.807, 2.05) is 12.1 Å². The van der Waals surface area contributed by atoms with Crippen LogP contribution >= 0.6 is 0 Å². The third-order valence-electron chi connectivity index (χ3n) is 7.81. The van der Waals surface area contributed by atoms with Crippen LogP contribution < -0.4 is 16.0 Å². The summed E-state index contributed by atoms with van der Waals surface area (Å²) in [5.74, 6) is 1.39. The minimum absolute atomic E-state index is 0.0939. The van der Waals surface area contributed by atoms with Crippen LogP contribution in [0.3, 0.4) is 0 Å². The second kappa shape index (κ2) is 13.5. The largest absolute Gasteiger partial charge is 0.413 e. The molecule has 9 nitrogen and oxygen atoms in total. The predicted molar refractivity (Wildman–Crippen MR) is 158 cm³/mol. The lowest BCUT2D eigenvalue weighted by Gasteiger charge is -2.32. The van der Waals surface area contributed by atoms with Gasteiger partial charge in [0.25, 0.3) is 0 Å². The number of fused-ring (bicyclic) bond motifs is 1. The first-order chi connectivity index (χ1) is 19.6. The standard InChI is InChI=1S/C31H40N8O/c1-22(2)39(25-15-9-10-16-25)18-17-32-31(40)34-20-27-37-29(28-30(38-27)36-21-35-28)33-19-26(23-11-5-3-6-12-23)24-13-7-4-8-14-24/h3-8,11-14,21-22,25-26H,9-10,15-20H2,1-2H3,(H2,32,34,40)(H2,33,35,36,37,38)/p+1. The van der Waals surface area contributed by atoms with Crippen molar-refractivity contribution in [2.24, 2.45) is 0 Å². The summed E-state index contributed by atoms with van der Waals surface area (Å²) in [6, 6.07) is 22.0. The molecule has 1 aliphatic rings. The highest BCUT2D eigenvalue weighted by molar-refractivity contribution is 5.82. The van der Waals surface area contributed by atoms with Crippen LogP contribution in [0.2, 0.25) is 0 Å². The molecule has 5 N–H and O–H groups in total. The van der Waals surface area contributed by atoms with E-state index in [0.29, 0.717) is 49.0 Å². The molecular weight excluding hydrogens is 500 g/mol. The van der Waals surface area contributed by atoms with E-state index in [1.54, 1.807) is 11.6 Å². The average Bonchev–Trinajstić information content (AvgIpc) is 3.68. The molecule has 1 fully saturated rings. The van der Waals surface area contributed by atoms with Crippen molar-refractivity contribution >= 4 is 23.0 Å². The van der Waals surface area contributed by atoms with Gasteiger partial charge >= 0.3 is 6.03 Å². The summed E-state index contributed by atoms with van der Waals surface area (Å²) in [5.41, 5.74) is 3.80. The van der Waals surface area contributed by atoms with Crippen LogP contribution in [0.1, 0.15) is 62.4 Å². The zero-order chi connectivity index (χ0) is 27.7. The molecule has 5 rings (SSSR count). The molecule has 0 radical (unpaired) electrons. The van der Waals surface area contributed by atoms with Gasteiger partial charge in [-0.1, -0.05) is 73.5 Å². The molecule has 2 aromatic carbocycles. The topological polar surface area (TPSA) is 115 Å². The van der Waals surface area contributed by atoms with E-state index >= 15 is 0 Å². The Morgan fingerprint density at radius 3 is 2.35 bits per heavy atom. The lowest BCUT2D eigenvalue weighted by atomic mass is 9.91. The predicted octanol–water partition coefficient (Wildman–Crippen LogP) is 4.02. The first kappa shape index (κ1) is 27.7. The number of quaternary nitrogens is 1. The minimum Gasteiger partial charge on any atom is -0.367 e. The number of H-pyrrole nitrogens is 1. The number of carbonyl (C=O) groups excluding carboxylic acids is 1. The Bertz CT molecular complexity index is 1310. The SMILES string of the molecule is CC(C)N(CCNC(=O)[NH2+]Cc1nc(NCC(c2ccccc2)c2ccccc2)c2[nH]cnc2n1)C1CCCC1. The quantitative estimate of drug-likeness (QED) is 0.215. The van der Waals surface area contributed by atoms with E-state index in [9.17, 15) is 4.79 Å². The normalized spacial score (nSPS) is 14.0. The fourth-order valence-corrected chi connectivity index (χ4v) is 5.76. The molecule has 1 saturated carbocycles. The van der Waals surface area contributed by atoms with Gasteiger partial charge in [-0.05, 0) is 37.8 Å². The number of amides is 2. The molecule has 0 atom stereocenters. The number of rotatable bonds is 12. The molecule has 4 aromatic rings. The molecule has 2 amide bonds. The van der Waals surface area contributed by atoms with Crippen LogP contribution in [0.5, 0.6) is 0 Å². The van der Waals surface area contributed by atoms with Gasteiger partial charge in [-0.15, -0.1) is 0 Å². The summed E-state index contributed by atoms with van der Waals surface area (Å²) in [6.07, 6.45) is 6.77. The molecule has 1 aliphatic carbocycles. The zero-order valence-corrected chi connectivity index (χ0v) is 23.5. The maximum atomic E-state index is 12.6. The Morgan fingerprint density at radius 2 is 1.70 bits per heavy atom. The van der Waals surface area contributed by atoms with Crippen molar-refractivity contribution in [1.82, 2.24) is 30.2 Å². The van der Waals surface area contributed by atoms with Crippen LogP contribution in [0.25, 0.3) is 11.2 Å². The number of nitrogens with one attached hydrogen (secondary N) is 3. The summed E-state index contributed by atoms with van der Waals surface area (Å²) < 4.78 is 0. The van der Waals surface area contributed by atoms with Crippen molar-refractivity contribution in [2.75, 3.05) is 25.0 Å². The van der Waals surface area contributed by atoms with Gasteiger partial charge in [0.1, 0.15) is 12.1 Å². The maximum absolute atomic E-state index is 12.6. The molecule has 40 heavy (non-hydrogen) atoms. The number of aromatic nitrogens is 4. The molecular formula is C31H41N8O+.